The molecule has 0 aliphatic heterocycles. The monoisotopic (exact) mass is 356 g/mol. The zero-order valence-electron chi connectivity index (χ0n) is 10.2. The highest BCUT2D eigenvalue weighted by molar-refractivity contribution is 9.10. The Morgan fingerprint density at radius 2 is 2.05 bits per heavy atom. The van der Waals surface area contributed by atoms with E-state index in [0.717, 1.165) is 0 Å². The van der Waals surface area contributed by atoms with Crippen LogP contribution in [0.3, 0.4) is 0 Å². The Hall–Kier alpha value is -1.60. The molecule has 0 saturated carbocycles. The van der Waals surface area contributed by atoms with Crippen LogP contribution in [-0.4, -0.2) is 4.92 Å². The van der Waals surface area contributed by atoms with Crippen LogP contribution in [0.1, 0.15) is 5.56 Å². The van der Waals surface area contributed by atoms with Gasteiger partial charge in [0.1, 0.15) is 5.82 Å². The van der Waals surface area contributed by atoms with E-state index in [9.17, 15) is 14.5 Å². The third kappa shape index (κ3) is 3.49. The molecular formula is C13H10BrFN2O2S. The highest BCUT2D eigenvalue weighted by Gasteiger charge is 2.14. The molecule has 0 aliphatic rings. The topological polar surface area (TPSA) is 69.2 Å². The van der Waals surface area contributed by atoms with E-state index < -0.39 is 10.7 Å². The van der Waals surface area contributed by atoms with Crippen molar-refractivity contribution in [3.8, 4) is 0 Å². The van der Waals surface area contributed by atoms with Gasteiger partial charge in [0.15, 0.2) is 0 Å². The van der Waals surface area contributed by atoms with Gasteiger partial charge in [0.05, 0.1) is 10.6 Å². The van der Waals surface area contributed by atoms with Crippen molar-refractivity contribution in [3.05, 3.63) is 62.4 Å². The van der Waals surface area contributed by atoms with Gasteiger partial charge in [0, 0.05) is 26.8 Å². The van der Waals surface area contributed by atoms with Crippen molar-refractivity contribution in [1.82, 2.24) is 0 Å². The molecule has 2 aromatic rings. The number of anilines is 1. The number of halogens is 2. The molecule has 0 aromatic heterocycles. The predicted octanol–water partition coefficient (Wildman–Crippen LogP) is 4.37. The van der Waals surface area contributed by atoms with Crippen LogP contribution in [0.25, 0.3) is 0 Å². The number of hydrogen-bond acceptors (Lipinski definition) is 4. The maximum absolute atomic E-state index is 13.3. The number of hydrogen-bond donors (Lipinski definition) is 1. The van der Waals surface area contributed by atoms with Gasteiger partial charge >= 0.3 is 0 Å². The fraction of sp³-hybridized carbons (Fsp3) is 0.0769. The fourth-order valence-electron chi connectivity index (χ4n) is 1.59. The van der Waals surface area contributed by atoms with Gasteiger partial charge in [-0.25, -0.2) is 4.39 Å². The van der Waals surface area contributed by atoms with Crippen molar-refractivity contribution in [3.63, 3.8) is 0 Å². The Labute approximate surface area is 127 Å². The van der Waals surface area contributed by atoms with Crippen LogP contribution in [0.2, 0.25) is 0 Å². The molecule has 2 N–H and O–H groups in total. The van der Waals surface area contributed by atoms with Gasteiger partial charge in [-0.3, -0.25) is 10.1 Å². The van der Waals surface area contributed by atoms with Gasteiger partial charge in [-0.2, -0.15) is 0 Å². The summed E-state index contributed by atoms with van der Waals surface area (Å²) in [6, 6.07) is 9.38. The first-order chi connectivity index (χ1) is 9.47. The first-order valence-electron chi connectivity index (χ1n) is 5.58. The molecular weight excluding hydrogens is 347 g/mol. The van der Waals surface area contributed by atoms with Crippen LogP contribution < -0.4 is 5.73 Å². The van der Waals surface area contributed by atoms with Gasteiger partial charge in [0.25, 0.3) is 5.69 Å². The lowest BCUT2D eigenvalue weighted by Crippen LogP contribution is -1.94. The minimum absolute atomic E-state index is 0.0443. The average Bonchev–Trinajstić information content (AvgIpc) is 2.41. The van der Waals surface area contributed by atoms with Crippen molar-refractivity contribution < 1.29 is 9.31 Å². The second kappa shape index (κ2) is 6.23. The van der Waals surface area contributed by atoms with Gasteiger partial charge in [-0.15, -0.1) is 11.8 Å². The SMILES string of the molecule is Nc1ccc(SCc2ccc(Br)cc2[N+](=O)[O-])cc1F. The lowest BCUT2D eigenvalue weighted by molar-refractivity contribution is -0.385. The summed E-state index contributed by atoms with van der Waals surface area (Å²) in [6.07, 6.45) is 0. The quantitative estimate of drug-likeness (QED) is 0.382. The molecule has 2 aromatic carbocycles. The fourth-order valence-corrected chi connectivity index (χ4v) is 2.85. The van der Waals surface area contributed by atoms with Crippen LogP contribution in [0.15, 0.2) is 45.8 Å². The highest BCUT2D eigenvalue weighted by atomic mass is 79.9. The number of rotatable bonds is 4. The van der Waals surface area contributed by atoms with Gasteiger partial charge in [-0.05, 0) is 24.3 Å². The Bertz CT molecular complexity index is 667. The van der Waals surface area contributed by atoms with Gasteiger partial charge in [-0.1, -0.05) is 22.0 Å². The van der Waals surface area contributed by atoms with Crippen LogP contribution in [0.4, 0.5) is 15.8 Å². The van der Waals surface area contributed by atoms with Crippen LogP contribution in [-0.2, 0) is 5.75 Å². The van der Waals surface area contributed by atoms with E-state index in [4.69, 9.17) is 5.73 Å². The van der Waals surface area contributed by atoms with Crippen molar-refractivity contribution in [2.24, 2.45) is 0 Å². The lowest BCUT2D eigenvalue weighted by Gasteiger charge is -2.05. The molecule has 0 radical (unpaired) electrons. The minimum Gasteiger partial charge on any atom is -0.396 e. The second-order valence-corrected chi connectivity index (χ2v) is 5.97. The Balaban J connectivity index is 2.18. The first-order valence-corrected chi connectivity index (χ1v) is 7.36. The molecule has 104 valence electrons. The van der Waals surface area contributed by atoms with E-state index in [2.05, 4.69) is 15.9 Å². The summed E-state index contributed by atoms with van der Waals surface area (Å²) in [4.78, 5) is 11.2. The standard InChI is InChI=1S/C13H10BrFN2O2S/c14-9-2-1-8(13(5-9)17(18)19)7-20-10-3-4-12(16)11(15)6-10/h1-6H,7,16H2. The number of thioether (sulfide) groups is 1. The summed E-state index contributed by atoms with van der Waals surface area (Å²) < 4.78 is 14.0. The molecule has 20 heavy (non-hydrogen) atoms. The predicted molar refractivity (Wildman–Crippen MR) is 81.2 cm³/mol. The molecule has 0 atom stereocenters. The number of nitrogens with zero attached hydrogens (tertiary/aromatic N) is 1. The molecule has 0 amide bonds. The summed E-state index contributed by atoms with van der Waals surface area (Å²) in [5, 5.41) is 11.0. The Morgan fingerprint density at radius 1 is 1.30 bits per heavy atom. The molecule has 0 heterocycles. The minimum atomic E-state index is -0.486. The normalized spacial score (nSPS) is 10.5. The average molecular weight is 357 g/mol. The largest absolute Gasteiger partial charge is 0.396 e. The number of benzene rings is 2. The number of nitro groups is 1. The highest BCUT2D eigenvalue weighted by Crippen LogP contribution is 2.31. The van der Waals surface area contributed by atoms with Crippen molar-refractivity contribution in [2.75, 3.05) is 5.73 Å². The summed E-state index contributed by atoms with van der Waals surface area (Å²) >= 11 is 4.52. The van der Waals surface area contributed by atoms with Gasteiger partial charge < -0.3 is 5.73 Å². The molecule has 0 saturated heterocycles. The third-order valence-electron chi connectivity index (χ3n) is 2.61. The first kappa shape index (κ1) is 14.8. The molecule has 7 heteroatoms. The number of nitro benzene ring substituents is 1. The summed E-state index contributed by atoms with van der Waals surface area (Å²) in [5.74, 6) is -0.104. The second-order valence-electron chi connectivity index (χ2n) is 4.00. The van der Waals surface area contributed by atoms with Crippen molar-refractivity contribution in [1.29, 1.82) is 0 Å². The lowest BCUT2D eigenvalue weighted by atomic mass is 10.2. The molecule has 0 aliphatic carbocycles. The van der Waals surface area contributed by atoms with E-state index in [-0.39, 0.29) is 11.4 Å². The van der Waals surface area contributed by atoms with E-state index in [1.54, 1.807) is 18.2 Å². The van der Waals surface area contributed by atoms with Crippen molar-refractivity contribution >= 4 is 39.1 Å². The van der Waals surface area contributed by atoms with Gasteiger partial charge in [0.2, 0.25) is 0 Å². The van der Waals surface area contributed by atoms with E-state index in [1.165, 1.54) is 30.0 Å². The van der Waals surface area contributed by atoms with Crippen LogP contribution in [0, 0.1) is 15.9 Å². The van der Waals surface area contributed by atoms with E-state index in [0.29, 0.717) is 20.7 Å². The van der Waals surface area contributed by atoms with Crippen LogP contribution in [0.5, 0.6) is 0 Å². The summed E-state index contributed by atoms with van der Waals surface area (Å²) in [5.41, 5.74) is 6.11. The maximum atomic E-state index is 13.3. The number of nitrogens with two attached hydrogens (primary N) is 1. The third-order valence-corrected chi connectivity index (χ3v) is 4.15. The molecule has 0 fully saturated rings. The Kier molecular flexibility index (Phi) is 4.61. The zero-order chi connectivity index (χ0) is 14.7. The van der Waals surface area contributed by atoms with Crippen LogP contribution >= 0.6 is 27.7 Å². The van der Waals surface area contributed by atoms with E-state index >= 15 is 0 Å². The van der Waals surface area contributed by atoms with Crippen molar-refractivity contribution in [2.45, 2.75) is 10.6 Å². The summed E-state index contributed by atoms with van der Waals surface area (Å²) in [6.45, 7) is 0. The molecule has 2 rings (SSSR count). The smallest absolute Gasteiger partial charge is 0.274 e. The van der Waals surface area contributed by atoms with E-state index in [1.807, 2.05) is 0 Å². The molecule has 4 nitrogen and oxygen atoms in total. The molecule has 0 unspecified atom stereocenters. The number of nitrogen functional groups attached to an aromatic ring is 1. The Morgan fingerprint density at radius 3 is 2.70 bits per heavy atom. The molecule has 0 bridgehead atoms. The zero-order valence-corrected chi connectivity index (χ0v) is 12.6. The summed E-state index contributed by atoms with van der Waals surface area (Å²) in [7, 11) is 0. The molecule has 0 spiro atoms. The maximum Gasteiger partial charge on any atom is 0.274 e.